The highest BCUT2D eigenvalue weighted by Crippen LogP contribution is 2.55. The molecule has 3 heteroatoms. The third kappa shape index (κ3) is 1.47. The first-order valence-corrected chi connectivity index (χ1v) is 8.93. The molecule has 3 nitrogen and oxygen atoms in total. The van der Waals surface area contributed by atoms with Gasteiger partial charge in [0.25, 0.3) is 0 Å². The maximum absolute atomic E-state index is 5.94. The third-order valence-corrected chi connectivity index (χ3v) is 7.14. The lowest BCUT2D eigenvalue weighted by Crippen LogP contribution is -2.41. The van der Waals surface area contributed by atoms with Crippen LogP contribution in [-0.4, -0.2) is 31.8 Å². The molecule has 3 aliphatic carbocycles. The predicted octanol–water partition coefficient (Wildman–Crippen LogP) is 1.97. The summed E-state index contributed by atoms with van der Waals surface area (Å²) < 4.78 is 5.94. The van der Waals surface area contributed by atoms with Gasteiger partial charge in [0.2, 0.25) is 0 Å². The molecule has 0 aromatic carbocycles. The Morgan fingerprint density at radius 3 is 2.71 bits per heavy atom. The first-order valence-electron chi connectivity index (χ1n) is 8.93. The quantitative estimate of drug-likeness (QED) is 0.761. The summed E-state index contributed by atoms with van der Waals surface area (Å²) in [7, 11) is 0. The highest BCUT2D eigenvalue weighted by Gasteiger charge is 2.55. The van der Waals surface area contributed by atoms with Crippen LogP contribution in [0.15, 0.2) is 22.5 Å². The molecule has 0 aromatic rings. The minimum atomic E-state index is 0.663. The van der Waals surface area contributed by atoms with Gasteiger partial charge >= 0.3 is 0 Å². The van der Waals surface area contributed by atoms with E-state index in [4.69, 9.17) is 4.74 Å². The average Bonchev–Trinajstić information content (AvgIpc) is 2.85. The van der Waals surface area contributed by atoms with Crippen molar-refractivity contribution in [2.24, 2.45) is 23.7 Å². The van der Waals surface area contributed by atoms with Gasteiger partial charge in [-0.25, -0.2) is 0 Å². The fourth-order valence-corrected chi connectivity index (χ4v) is 5.94. The van der Waals surface area contributed by atoms with E-state index in [0.717, 1.165) is 30.3 Å². The fraction of sp³-hybridized carbons (Fsp3) is 0.778. The van der Waals surface area contributed by atoms with Gasteiger partial charge in [0.05, 0.1) is 12.5 Å². The highest BCUT2D eigenvalue weighted by molar-refractivity contribution is 5.38. The van der Waals surface area contributed by atoms with E-state index in [1.165, 1.54) is 51.0 Å². The van der Waals surface area contributed by atoms with Crippen molar-refractivity contribution in [3.63, 3.8) is 0 Å². The Balaban J connectivity index is 1.29. The second kappa shape index (κ2) is 3.94. The van der Waals surface area contributed by atoms with Crippen molar-refractivity contribution in [3.8, 4) is 0 Å². The standard InChI is InChI=1S/C18H24N2O/c1-2-9-6-19-16(11(9)3-1)13-5-14(18-15(13)8-21-18)17-12-4-10(12)7-20-17/h10,12-13,15-17,19-20H,1-8H2. The molecule has 112 valence electrons. The summed E-state index contributed by atoms with van der Waals surface area (Å²) in [6, 6.07) is 1.33. The van der Waals surface area contributed by atoms with Crippen LogP contribution in [0.1, 0.15) is 32.1 Å². The lowest BCUT2D eigenvalue weighted by molar-refractivity contribution is 0.0239. The van der Waals surface area contributed by atoms with E-state index in [1.807, 2.05) is 0 Å². The van der Waals surface area contributed by atoms with E-state index in [2.05, 4.69) is 10.6 Å². The van der Waals surface area contributed by atoms with Crippen LogP contribution in [0, 0.1) is 23.7 Å². The molecule has 0 spiro atoms. The largest absolute Gasteiger partial charge is 0.497 e. The molecule has 3 heterocycles. The summed E-state index contributed by atoms with van der Waals surface area (Å²) in [6.07, 6.45) is 6.86. The van der Waals surface area contributed by atoms with Crippen molar-refractivity contribution in [2.45, 2.75) is 44.2 Å². The second-order valence-electron chi connectivity index (χ2n) is 8.06. The molecule has 6 unspecified atom stereocenters. The summed E-state index contributed by atoms with van der Waals surface area (Å²) >= 11 is 0. The summed E-state index contributed by atoms with van der Waals surface area (Å²) in [5.74, 6) is 4.83. The first-order chi connectivity index (χ1) is 10.4. The molecule has 0 bridgehead atoms. The second-order valence-corrected chi connectivity index (χ2v) is 8.06. The lowest BCUT2D eigenvalue weighted by atomic mass is 9.82. The molecular weight excluding hydrogens is 260 g/mol. The summed E-state index contributed by atoms with van der Waals surface area (Å²) in [5.41, 5.74) is 5.20. The molecular formula is C18H24N2O. The lowest BCUT2D eigenvalue weighted by Gasteiger charge is -2.35. The number of ether oxygens (including phenoxy) is 1. The van der Waals surface area contributed by atoms with Crippen molar-refractivity contribution in [2.75, 3.05) is 19.7 Å². The Labute approximate surface area is 126 Å². The Morgan fingerprint density at radius 1 is 1.00 bits per heavy atom. The maximum Gasteiger partial charge on any atom is 0.104 e. The molecule has 6 rings (SSSR count). The molecule has 6 aliphatic rings. The maximum atomic E-state index is 5.94. The minimum absolute atomic E-state index is 0.663. The number of piperidine rings is 1. The van der Waals surface area contributed by atoms with E-state index in [1.54, 1.807) is 16.7 Å². The van der Waals surface area contributed by atoms with Gasteiger partial charge in [-0.2, -0.15) is 0 Å². The number of hydrogen-bond acceptors (Lipinski definition) is 3. The van der Waals surface area contributed by atoms with E-state index in [0.29, 0.717) is 12.1 Å². The Bertz CT molecular complexity index is 578. The number of fused-ring (bicyclic) bond motifs is 2. The smallest absolute Gasteiger partial charge is 0.104 e. The summed E-state index contributed by atoms with van der Waals surface area (Å²) in [4.78, 5) is 0. The van der Waals surface area contributed by atoms with Crippen molar-refractivity contribution in [1.29, 1.82) is 0 Å². The molecule has 6 atom stereocenters. The zero-order valence-electron chi connectivity index (χ0n) is 12.5. The molecule has 3 fully saturated rings. The summed E-state index contributed by atoms with van der Waals surface area (Å²) in [6.45, 7) is 3.39. The SMILES string of the molecule is C1CC2=C(C1)C(C1CC(C3NCC4CC43)=C3OCC31)NC2. The normalized spacial score (nSPS) is 49.9. The number of rotatable bonds is 2. The van der Waals surface area contributed by atoms with Crippen LogP contribution < -0.4 is 10.6 Å². The molecule has 3 aliphatic heterocycles. The van der Waals surface area contributed by atoms with Gasteiger partial charge in [0.15, 0.2) is 0 Å². The van der Waals surface area contributed by atoms with Crippen LogP contribution in [0.4, 0.5) is 0 Å². The minimum Gasteiger partial charge on any atom is -0.497 e. The van der Waals surface area contributed by atoms with Gasteiger partial charge in [-0.15, -0.1) is 0 Å². The van der Waals surface area contributed by atoms with Crippen LogP contribution in [0.2, 0.25) is 0 Å². The van der Waals surface area contributed by atoms with Gasteiger partial charge in [-0.3, -0.25) is 0 Å². The monoisotopic (exact) mass is 284 g/mol. The zero-order valence-corrected chi connectivity index (χ0v) is 12.5. The topological polar surface area (TPSA) is 33.3 Å². The predicted molar refractivity (Wildman–Crippen MR) is 80.6 cm³/mol. The van der Waals surface area contributed by atoms with E-state index >= 15 is 0 Å². The van der Waals surface area contributed by atoms with Crippen molar-refractivity contribution >= 4 is 0 Å². The van der Waals surface area contributed by atoms with Gasteiger partial charge in [0, 0.05) is 18.6 Å². The number of nitrogens with one attached hydrogen (secondary N) is 2. The van der Waals surface area contributed by atoms with Crippen LogP contribution in [0.5, 0.6) is 0 Å². The molecule has 1 saturated carbocycles. The van der Waals surface area contributed by atoms with Gasteiger partial charge < -0.3 is 15.4 Å². The van der Waals surface area contributed by atoms with Gasteiger partial charge in [-0.05, 0) is 62.0 Å². The molecule has 0 aromatic heterocycles. The summed E-state index contributed by atoms with van der Waals surface area (Å²) in [5, 5.41) is 7.61. The molecule has 0 radical (unpaired) electrons. The highest BCUT2D eigenvalue weighted by atomic mass is 16.5. The Hall–Kier alpha value is -0.800. The van der Waals surface area contributed by atoms with Crippen LogP contribution >= 0.6 is 0 Å². The molecule has 2 saturated heterocycles. The van der Waals surface area contributed by atoms with Crippen LogP contribution in [0.25, 0.3) is 0 Å². The fourth-order valence-electron chi connectivity index (χ4n) is 5.94. The number of hydrogen-bond donors (Lipinski definition) is 2. The first kappa shape index (κ1) is 11.7. The van der Waals surface area contributed by atoms with E-state index < -0.39 is 0 Å². The van der Waals surface area contributed by atoms with Crippen LogP contribution in [0.3, 0.4) is 0 Å². The third-order valence-electron chi connectivity index (χ3n) is 7.14. The van der Waals surface area contributed by atoms with Gasteiger partial charge in [0.1, 0.15) is 5.76 Å². The average molecular weight is 284 g/mol. The Kier molecular flexibility index (Phi) is 2.20. The van der Waals surface area contributed by atoms with Crippen LogP contribution in [-0.2, 0) is 4.74 Å². The van der Waals surface area contributed by atoms with E-state index in [-0.39, 0.29) is 0 Å². The van der Waals surface area contributed by atoms with Crippen molar-refractivity contribution in [1.82, 2.24) is 10.6 Å². The van der Waals surface area contributed by atoms with E-state index in [9.17, 15) is 0 Å². The van der Waals surface area contributed by atoms with Crippen molar-refractivity contribution in [3.05, 3.63) is 22.5 Å². The Morgan fingerprint density at radius 2 is 1.95 bits per heavy atom. The molecule has 0 amide bonds. The zero-order chi connectivity index (χ0) is 13.6. The molecule has 21 heavy (non-hydrogen) atoms. The molecule has 2 N–H and O–H groups in total. The van der Waals surface area contributed by atoms with Gasteiger partial charge in [-0.1, -0.05) is 11.1 Å². The van der Waals surface area contributed by atoms with Crippen molar-refractivity contribution < 1.29 is 4.74 Å².